The van der Waals surface area contributed by atoms with Crippen molar-refractivity contribution in [3.05, 3.63) is 0 Å². The van der Waals surface area contributed by atoms with Gasteiger partial charge in [0.25, 0.3) is 0 Å². The first-order chi connectivity index (χ1) is 6.50. The average molecular weight is 198 g/mol. The van der Waals surface area contributed by atoms with E-state index in [-0.39, 0.29) is 0 Å². The molecule has 0 aliphatic rings. The second kappa shape index (κ2) is 6.48. The van der Waals surface area contributed by atoms with E-state index in [1.54, 1.807) is 0 Å². The molecule has 0 aliphatic carbocycles. The third kappa shape index (κ3) is 4.02. The maximum absolute atomic E-state index is 2.45. The lowest BCUT2D eigenvalue weighted by Crippen LogP contribution is -2.24. The van der Waals surface area contributed by atoms with Crippen molar-refractivity contribution in [2.75, 3.05) is 0 Å². The van der Waals surface area contributed by atoms with Crippen molar-refractivity contribution in [2.24, 2.45) is 17.3 Å². The molecule has 0 saturated heterocycles. The van der Waals surface area contributed by atoms with Crippen LogP contribution in [-0.2, 0) is 0 Å². The van der Waals surface area contributed by atoms with Crippen LogP contribution in [0.1, 0.15) is 73.6 Å². The fourth-order valence-corrected chi connectivity index (χ4v) is 2.03. The molecule has 0 heteroatoms. The minimum Gasteiger partial charge on any atom is -0.0651 e. The Morgan fingerprint density at radius 1 is 0.929 bits per heavy atom. The van der Waals surface area contributed by atoms with Crippen molar-refractivity contribution in [1.29, 1.82) is 0 Å². The van der Waals surface area contributed by atoms with Crippen LogP contribution in [0.15, 0.2) is 0 Å². The lowest BCUT2D eigenvalue weighted by molar-refractivity contribution is 0.165. The van der Waals surface area contributed by atoms with Crippen LogP contribution in [0.25, 0.3) is 0 Å². The van der Waals surface area contributed by atoms with Gasteiger partial charge >= 0.3 is 0 Å². The normalized spacial score (nSPS) is 16.7. The summed E-state index contributed by atoms with van der Waals surface area (Å²) in [5, 5.41) is 0. The van der Waals surface area contributed by atoms with Crippen LogP contribution in [0.4, 0.5) is 0 Å². The molecule has 2 atom stereocenters. The van der Waals surface area contributed by atoms with E-state index in [0.29, 0.717) is 5.41 Å². The highest BCUT2D eigenvalue weighted by atomic mass is 14.3. The highest BCUT2D eigenvalue weighted by molar-refractivity contribution is 4.77. The van der Waals surface area contributed by atoms with Gasteiger partial charge in [0.2, 0.25) is 0 Å². The van der Waals surface area contributed by atoms with Crippen molar-refractivity contribution in [1.82, 2.24) is 0 Å². The van der Waals surface area contributed by atoms with Crippen LogP contribution in [0.5, 0.6) is 0 Å². The highest BCUT2D eigenvalue weighted by Crippen LogP contribution is 2.37. The van der Waals surface area contributed by atoms with Gasteiger partial charge in [0.05, 0.1) is 0 Å². The minimum absolute atomic E-state index is 0.577. The van der Waals surface area contributed by atoms with Crippen LogP contribution >= 0.6 is 0 Å². The predicted octanol–water partition coefficient (Wildman–Crippen LogP) is 5.28. The number of hydrogen-bond acceptors (Lipinski definition) is 0. The summed E-state index contributed by atoms with van der Waals surface area (Å²) in [6, 6.07) is 0. The second-order valence-corrected chi connectivity index (χ2v) is 5.35. The molecule has 0 aromatic rings. The van der Waals surface area contributed by atoms with Gasteiger partial charge in [0.1, 0.15) is 0 Å². The van der Waals surface area contributed by atoms with E-state index in [2.05, 4.69) is 41.5 Å². The summed E-state index contributed by atoms with van der Waals surface area (Å²) in [6.07, 6.45) is 6.80. The first kappa shape index (κ1) is 14.0. The van der Waals surface area contributed by atoms with Crippen LogP contribution in [0, 0.1) is 17.3 Å². The third-order valence-electron chi connectivity index (χ3n) is 4.59. The van der Waals surface area contributed by atoms with Crippen molar-refractivity contribution >= 4 is 0 Å². The molecule has 0 saturated carbocycles. The molecular weight excluding hydrogens is 168 g/mol. The van der Waals surface area contributed by atoms with Gasteiger partial charge in [-0.05, 0) is 23.7 Å². The lowest BCUT2D eigenvalue weighted by atomic mass is 9.71. The summed E-state index contributed by atoms with van der Waals surface area (Å²) in [5.41, 5.74) is 0.577. The Hall–Kier alpha value is 0. The van der Waals surface area contributed by atoms with E-state index in [9.17, 15) is 0 Å². The molecule has 0 fully saturated rings. The van der Waals surface area contributed by atoms with Crippen molar-refractivity contribution in [3.8, 4) is 0 Å². The highest BCUT2D eigenvalue weighted by Gasteiger charge is 2.26. The first-order valence-electron chi connectivity index (χ1n) is 6.50. The van der Waals surface area contributed by atoms with E-state index >= 15 is 0 Å². The standard InChI is InChI=1S/C14H30/c1-7-12(4)10-11-13(5)14(6,8-2)9-3/h12-13H,7-11H2,1-6H3. The topological polar surface area (TPSA) is 0 Å². The summed E-state index contributed by atoms with van der Waals surface area (Å²) in [4.78, 5) is 0. The maximum atomic E-state index is 2.45. The molecule has 2 unspecified atom stereocenters. The zero-order valence-electron chi connectivity index (χ0n) is 11.2. The van der Waals surface area contributed by atoms with E-state index in [1.165, 1.54) is 32.1 Å². The molecule has 0 heterocycles. The number of hydrogen-bond donors (Lipinski definition) is 0. The fourth-order valence-electron chi connectivity index (χ4n) is 2.03. The Kier molecular flexibility index (Phi) is 6.48. The average Bonchev–Trinajstić information content (AvgIpc) is 2.23. The second-order valence-electron chi connectivity index (χ2n) is 5.35. The van der Waals surface area contributed by atoms with Gasteiger partial charge in [-0.1, -0.05) is 67.2 Å². The first-order valence-corrected chi connectivity index (χ1v) is 6.50. The molecule has 0 radical (unpaired) electrons. The summed E-state index contributed by atoms with van der Waals surface area (Å²) >= 11 is 0. The van der Waals surface area contributed by atoms with E-state index < -0.39 is 0 Å². The van der Waals surface area contributed by atoms with Crippen LogP contribution in [-0.4, -0.2) is 0 Å². The van der Waals surface area contributed by atoms with Gasteiger partial charge in [-0.25, -0.2) is 0 Å². The van der Waals surface area contributed by atoms with Gasteiger partial charge in [0.15, 0.2) is 0 Å². The molecule has 0 aromatic carbocycles. The summed E-state index contributed by atoms with van der Waals surface area (Å²) in [5.74, 6) is 1.79. The van der Waals surface area contributed by atoms with Crippen LogP contribution in [0.2, 0.25) is 0 Å². The van der Waals surface area contributed by atoms with E-state index in [4.69, 9.17) is 0 Å². The Labute approximate surface area is 91.5 Å². The van der Waals surface area contributed by atoms with Crippen LogP contribution < -0.4 is 0 Å². The summed E-state index contributed by atoms with van der Waals surface area (Å²) in [6.45, 7) is 14.2. The quantitative estimate of drug-likeness (QED) is 0.522. The zero-order chi connectivity index (χ0) is 11.2. The molecule has 0 aliphatic heterocycles. The monoisotopic (exact) mass is 198 g/mol. The SMILES string of the molecule is CCC(C)CCC(C)C(C)(CC)CC. The smallest absolute Gasteiger partial charge is 0.0305 e. The molecule has 0 nitrogen and oxygen atoms in total. The van der Waals surface area contributed by atoms with Crippen LogP contribution in [0.3, 0.4) is 0 Å². The third-order valence-corrected chi connectivity index (χ3v) is 4.59. The molecule has 0 spiro atoms. The molecule has 0 aromatic heterocycles. The fraction of sp³-hybridized carbons (Fsp3) is 1.00. The molecular formula is C14H30. The molecule has 0 rings (SSSR count). The lowest BCUT2D eigenvalue weighted by Gasteiger charge is -2.34. The van der Waals surface area contributed by atoms with Gasteiger partial charge in [-0.3, -0.25) is 0 Å². The maximum Gasteiger partial charge on any atom is -0.0305 e. The van der Waals surface area contributed by atoms with Gasteiger partial charge in [-0.2, -0.15) is 0 Å². The van der Waals surface area contributed by atoms with Crippen molar-refractivity contribution in [2.45, 2.75) is 73.6 Å². The largest absolute Gasteiger partial charge is 0.0651 e. The van der Waals surface area contributed by atoms with E-state index in [0.717, 1.165) is 11.8 Å². The Balaban J connectivity index is 3.99. The zero-order valence-corrected chi connectivity index (χ0v) is 11.2. The number of rotatable bonds is 7. The summed E-state index contributed by atoms with van der Waals surface area (Å²) in [7, 11) is 0. The van der Waals surface area contributed by atoms with E-state index in [1.807, 2.05) is 0 Å². The van der Waals surface area contributed by atoms with Gasteiger partial charge < -0.3 is 0 Å². The molecule has 86 valence electrons. The predicted molar refractivity (Wildman–Crippen MR) is 66.5 cm³/mol. The Morgan fingerprint density at radius 2 is 1.43 bits per heavy atom. The van der Waals surface area contributed by atoms with Gasteiger partial charge in [-0.15, -0.1) is 0 Å². The van der Waals surface area contributed by atoms with Gasteiger partial charge in [0, 0.05) is 0 Å². The molecule has 0 N–H and O–H groups in total. The minimum atomic E-state index is 0.577. The Morgan fingerprint density at radius 3 is 1.79 bits per heavy atom. The molecule has 0 bridgehead atoms. The van der Waals surface area contributed by atoms with Crippen molar-refractivity contribution in [3.63, 3.8) is 0 Å². The Bertz CT molecular complexity index is 133. The summed E-state index contributed by atoms with van der Waals surface area (Å²) < 4.78 is 0. The van der Waals surface area contributed by atoms with Crippen molar-refractivity contribution < 1.29 is 0 Å². The molecule has 0 amide bonds. The molecule has 14 heavy (non-hydrogen) atoms.